The number of carbonyl (C=O) groups is 1. The Morgan fingerprint density at radius 1 is 1.11 bits per heavy atom. The molecule has 3 aliphatic heterocycles. The largest absolute Gasteiger partial charge is 0.480 e. The average Bonchev–Trinajstić information content (AvgIpc) is 3.58. The van der Waals surface area contributed by atoms with Crippen LogP contribution in [0.2, 0.25) is 5.02 Å². The molecule has 1 aliphatic carbocycles. The summed E-state index contributed by atoms with van der Waals surface area (Å²) >= 11 is 6.56. The summed E-state index contributed by atoms with van der Waals surface area (Å²) in [5.41, 5.74) is 2.10. The fraction of sp³-hybridized carbons (Fsp3) is 0.303. The van der Waals surface area contributed by atoms with Gasteiger partial charge in [0, 0.05) is 44.8 Å². The number of amides is 1. The number of hydrogen-bond donors (Lipinski definition) is 2. The number of primary amides is 1. The molecule has 8 rings (SSSR count). The molecule has 14 heteroatoms. The maximum absolute atomic E-state index is 16.9. The summed E-state index contributed by atoms with van der Waals surface area (Å²) in [7, 11) is 0. The fourth-order valence-electron chi connectivity index (χ4n) is 6.68. The molecule has 1 saturated heterocycles. The topological polar surface area (TPSA) is 118 Å². The Balaban J connectivity index is 1.30. The molecule has 242 valence electrons. The predicted molar refractivity (Wildman–Crippen MR) is 161 cm³/mol. The standard InChI is InChI=1S/C33H25ClF4N4O5/c34-26-19(35)10-20-18(13-33(47-20,23-7-4-8-40-23)15-5-2-1-3-6-15)24(26)25-17(30(39)43)9-21-28(27(25)36)46-29-22(45-21)14-41-42(31(29)44)16-11-32(37,38)12-16/h1-3,5-6,9-10,14,16,23,40H,4,7-8,11-13H2,(H2,39,43)/t23?,33-/m0/s1/i8D2,23D. The Kier molecular flexibility index (Phi) is 5.88. The number of hydrogen-bond acceptors (Lipinski definition) is 7. The molecule has 4 heterocycles. The van der Waals surface area contributed by atoms with Gasteiger partial charge in [-0.25, -0.2) is 22.2 Å². The van der Waals surface area contributed by atoms with E-state index in [-0.39, 0.29) is 47.6 Å². The number of carbonyl (C=O) groups excluding carboxylic acids is 1. The molecule has 4 aromatic rings. The van der Waals surface area contributed by atoms with Crippen molar-refractivity contribution in [1.82, 2.24) is 15.1 Å². The van der Waals surface area contributed by atoms with E-state index < -0.39 is 93.7 Å². The van der Waals surface area contributed by atoms with E-state index in [4.69, 9.17) is 34.3 Å². The van der Waals surface area contributed by atoms with Crippen LogP contribution in [-0.2, 0) is 12.0 Å². The highest BCUT2D eigenvalue weighted by Gasteiger charge is 2.51. The normalized spacial score (nSPS) is 25.9. The smallest absolute Gasteiger partial charge is 0.313 e. The first kappa shape index (κ1) is 26.4. The molecule has 2 fully saturated rings. The second-order valence-corrected chi connectivity index (χ2v) is 12.2. The van der Waals surface area contributed by atoms with E-state index in [0.717, 1.165) is 23.0 Å². The Morgan fingerprint density at radius 2 is 1.87 bits per heavy atom. The third-order valence-corrected chi connectivity index (χ3v) is 9.30. The van der Waals surface area contributed by atoms with Crippen LogP contribution in [-0.4, -0.2) is 34.1 Å². The van der Waals surface area contributed by atoms with Crippen LogP contribution < -0.4 is 30.8 Å². The minimum atomic E-state index is -2.97. The summed E-state index contributed by atoms with van der Waals surface area (Å²) in [6.07, 6.45) is -0.552. The first-order chi connectivity index (χ1) is 23.5. The molecule has 9 nitrogen and oxygen atoms in total. The fourth-order valence-corrected chi connectivity index (χ4v) is 6.94. The Morgan fingerprint density at radius 3 is 2.55 bits per heavy atom. The molecule has 47 heavy (non-hydrogen) atoms. The minimum Gasteiger partial charge on any atom is -0.480 e. The summed E-state index contributed by atoms with van der Waals surface area (Å²) < 4.78 is 104. The van der Waals surface area contributed by atoms with Gasteiger partial charge in [0.15, 0.2) is 22.9 Å². The zero-order valence-electron chi connectivity index (χ0n) is 27.1. The Hall–Kier alpha value is -4.62. The second kappa shape index (κ2) is 10.4. The lowest BCUT2D eigenvalue weighted by Gasteiger charge is -2.35. The van der Waals surface area contributed by atoms with E-state index in [1.165, 1.54) is 0 Å². The third kappa shape index (κ3) is 4.50. The molecule has 0 bridgehead atoms. The molecule has 4 aliphatic rings. The molecule has 1 amide bonds. The monoisotopic (exact) mass is 671 g/mol. The number of rotatable bonds is 5. The first-order valence-corrected chi connectivity index (χ1v) is 15.0. The average molecular weight is 672 g/mol. The molecular formula is C33H25ClF4N4O5. The van der Waals surface area contributed by atoms with Crippen LogP contribution in [0.25, 0.3) is 11.1 Å². The van der Waals surface area contributed by atoms with E-state index in [0.29, 0.717) is 5.56 Å². The van der Waals surface area contributed by atoms with Crippen molar-refractivity contribution >= 4 is 17.5 Å². The highest BCUT2D eigenvalue weighted by atomic mass is 35.5. The molecule has 3 aromatic carbocycles. The van der Waals surface area contributed by atoms with Crippen molar-refractivity contribution in [2.75, 3.05) is 6.50 Å². The van der Waals surface area contributed by atoms with Gasteiger partial charge in [0.2, 0.25) is 17.4 Å². The maximum Gasteiger partial charge on any atom is 0.313 e. The minimum absolute atomic E-state index is 0.0242. The van der Waals surface area contributed by atoms with Crippen molar-refractivity contribution in [3.8, 4) is 39.9 Å². The summed E-state index contributed by atoms with van der Waals surface area (Å²) in [5, 5.41) is 6.00. The number of fused-ring (bicyclic) bond motifs is 3. The molecule has 3 N–H and O–H groups in total. The van der Waals surface area contributed by atoms with E-state index in [9.17, 15) is 19.7 Å². The summed E-state index contributed by atoms with van der Waals surface area (Å²) in [6.45, 7) is -1.95. The zero-order chi connectivity index (χ0) is 35.5. The van der Waals surface area contributed by atoms with E-state index in [1.807, 2.05) is 0 Å². The van der Waals surface area contributed by atoms with E-state index >= 15 is 8.78 Å². The van der Waals surface area contributed by atoms with Crippen molar-refractivity contribution in [2.45, 2.75) is 55.7 Å². The summed E-state index contributed by atoms with van der Waals surface area (Å²) in [6, 6.07) is 7.68. The lowest BCUT2D eigenvalue weighted by molar-refractivity contribution is -0.108. The van der Waals surface area contributed by atoms with Gasteiger partial charge in [-0.05, 0) is 31.0 Å². The molecule has 2 atom stereocenters. The number of aromatic nitrogens is 2. The van der Waals surface area contributed by atoms with Gasteiger partial charge in [-0.15, -0.1) is 0 Å². The number of nitrogens with two attached hydrogens (primary N) is 1. The van der Waals surface area contributed by atoms with Gasteiger partial charge in [0.1, 0.15) is 11.6 Å². The highest BCUT2D eigenvalue weighted by Crippen LogP contribution is 2.55. The number of alkyl halides is 2. The van der Waals surface area contributed by atoms with Crippen molar-refractivity contribution in [1.29, 1.82) is 0 Å². The van der Waals surface area contributed by atoms with Gasteiger partial charge in [-0.2, -0.15) is 5.10 Å². The Bertz CT molecular complexity index is 2200. The summed E-state index contributed by atoms with van der Waals surface area (Å²) in [4.78, 5) is 26.2. The lowest BCUT2D eigenvalue weighted by atomic mass is 9.80. The van der Waals surface area contributed by atoms with Crippen molar-refractivity contribution in [3.05, 3.63) is 92.4 Å². The van der Waals surface area contributed by atoms with Crippen molar-refractivity contribution < 1.29 is 40.7 Å². The van der Waals surface area contributed by atoms with Gasteiger partial charge in [0.25, 0.3) is 5.92 Å². The van der Waals surface area contributed by atoms with Crippen LogP contribution in [0.1, 0.15) is 57.3 Å². The molecule has 1 aromatic heterocycles. The van der Waals surface area contributed by atoms with Gasteiger partial charge in [-0.3, -0.25) is 9.59 Å². The van der Waals surface area contributed by atoms with Crippen molar-refractivity contribution in [2.24, 2.45) is 5.73 Å². The molecule has 1 saturated carbocycles. The molecule has 0 spiro atoms. The summed E-state index contributed by atoms with van der Waals surface area (Å²) in [5.74, 6) is -8.58. The van der Waals surface area contributed by atoms with Crippen molar-refractivity contribution in [3.63, 3.8) is 0 Å². The van der Waals surface area contributed by atoms with Gasteiger partial charge in [-0.1, -0.05) is 41.9 Å². The highest BCUT2D eigenvalue weighted by molar-refractivity contribution is 6.34. The number of nitrogens with zero attached hydrogens (tertiary/aromatic N) is 2. The predicted octanol–water partition coefficient (Wildman–Crippen LogP) is 6.39. The first-order valence-electron chi connectivity index (χ1n) is 16.1. The van der Waals surface area contributed by atoms with Crippen LogP contribution in [0, 0.1) is 11.6 Å². The van der Waals surface area contributed by atoms with Gasteiger partial charge >= 0.3 is 5.56 Å². The van der Waals surface area contributed by atoms with Crippen LogP contribution in [0.5, 0.6) is 28.7 Å². The van der Waals surface area contributed by atoms with E-state index in [1.54, 1.807) is 30.3 Å². The van der Waals surface area contributed by atoms with Crippen LogP contribution >= 0.6 is 11.6 Å². The number of ether oxygens (including phenoxy) is 3. The Labute approximate surface area is 273 Å². The number of benzene rings is 3. The SMILES string of the molecule is [2H]C1([2H])CCC([2H])([C@@]2(c3ccccc3)Cc3c(cc(F)c(Cl)c3-c3c(C(N)=O)cc4c(c3F)Oc3c(cnn(C5CC(F)(F)C5)c3=O)O4)O2)N1. The lowest BCUT2D eigenvalue weighted by Crippen LogP contribution is -2.48. The molecular weight excluding hydrogens is 644 g/mol. The quantitative estimate of drug-likeness (QED) is 0.208. The number of halogens is 5. The van der Waals surface area contributed by atoms with Crippen LogP contribution in [0.4, 0.5) is 17.6 Å². The van der Waals surface area contributed by atoms with Gasteiger partial charge in [0.05, 0.1) is 30.2 Å². The molecule has 1 unspecified atom stereocenters. The van der Waals surface area contributed by atoms with Crippen LogP contribution in [0.15, 0.2) is 53.5 Å². The van der Waals surface area contributed by atoms with Gasteiger partial charge < -0.3 is 25.3 Å². The zero-order valence-corrected chi connectivity index (χ0v) is 24.9. The van der Waals surface area contributed by atoms with Crippen LogP contribution in [0.3, 0.4) is 0 Å². The van der Waals surface area contributed by atoms with E-state index in [2.05, 4.69) is 10.4 Å². The molecule has 0 radical (unpaired) electrons. The second-order valence-electron chi connectivity index (χ2n) is 11.8. The maximum atomic E-state index is 16.9. The number of nitrogens with one attached hydrogen (secondary N) is 1. The third-order valence-electron chi connectivity index (χ3n) is 8.93.